The first-order valence-corrected chi connectivity index (χ1v) is 7.54. The molecule has 0 bridgehead atoms. The van der Waals surface area contributed by atoms with Gasteiger partial charge in [-0.1, -0.05) is 0 Å². The molecule has 4 rings (SSSR count). The number of carboxylic acid groups (broad SMARTS) is 1. The largest absolute Gasteiger partial charge is 0.478 e. The lowest BCUT2D eigenvalue weighted by Crippen LogP contribution is -2.15. The molecule has 5 heteroatoms. The van der Waals surface area contributed by atoms with Crippen molar-refractivity contribution in [2.45, 2.75) is 44.4 Å². The molecule has 0 radical (unpaired) electrons. The van der Waals surface area contributed by atoms with Crippen LogP contribution in [0.1, 0.15) is 58.9 Å². The maximum atomic E-state index is 11.6. The SMILES string of the molecule is O=C(O)c1cc2c(nc1-n1ccc(C3CC3)n1)CCCC2. The van der Waals surface area contributed by atoms with E-state index in [1.165, 1.54) is 12.8 Å². The zero-order chi connectivity index (χ0) is 14.4. The minimum atomic E-state index is -0.936. The zero-order valence-corrected chi connectivity index (χ0v) is 11.7. The quantitative estimate of drug-likeness (QED) is 0.940. The molecular formula is C16H17N3O2. The van der Waals surface area contributed by atoms with E-state index < -0.39 is 5.97 Å². The van der Waals surface area contributed by atoms with Crippen LogP contribution in [0.2, 0.25) is 0 Å². The number of hydrogen-bond acceptors (Lipinski definition) is 3. The van der Waals surface area contributed by atoms with Gasteiger partial charge in [-0.05, 0) is 56.2 Å². The lowest BCUT2D eigenvalue weighted by molar-refractivity contribution is 0.0696. The van der Waals surface area contributed by atoms with Crippen LogP contribution in [0.25, 0.3) is 5.82 Å². The Labute approximate surface area is 122 Å². The van der Waals surface area contributed by atoms with E-state index in [2.05, 4.69) is 10.1 Å². The van der Waals surface area contributed by atoms with Crippen molar-refractivity contribution in [2.75, 3.05) is 0 Å². The summed E-state index contributed by atoms with van der Waals surface area (Å²) < 4.78 is 1.63. The number of aromatic carboxylic acids is 1. The van der Waals surface area contributed by atoms with Gasteiger partial charge >= 0.3 is 5.97 Å². The first-order valence-electron chi connectivity index (χ1n) is 7.54. The maximum absolute atomic E-state index is 11.6. The summed E-state index contributed by atoms with van der Waals surface area (Å²) in [6.07, 6.45) is 8.28. The molecule has 21 heavy (non-hydrogen) atoms. The molecule has 1 N–H and O–H groups in total. The second-order valence-corrected chi connectivity index (χ2v) is 5.94. The first-order chi connectivity index (χ1) is 10.2. The van der Waals surface area contributed by atoms with E-state index >= 15 is 0 Å². The number of aromatic nitrogens is 3. The van der Waals surface area contributed by atoms with E-state index in [1.807, 2.05) is 12.3 Å². The molecule has 2 aliphatic rings. The van der Waals surface area contributed by atoms with Crippen molar-refractivity contribution in [3.8, 4) is 5.82 Å². The summed E-state index contributed by atoms with van der Waals surface area (Å²) in [6.45, 7) is 0. The molecule has 2 aromatic rings. The van der Waals surface area contributed by atoms with Crippen molar-refractivity contribution in [3.05, 3.63) is 40.8 Å². The third-order valence-corrected chi connectivity index (χ3v) is 4.33. The lowest BCUT2D eigenvalue weighted by Gasteiger charge is -2.17. The van der Waals surface area contributed by atoms with Crippen LogP contribution in [0.3, 0.4) is 0 Å². The molecule has 0 saturated heterocycles. The number of nitrogens with zero attached hydrogens (tertiary/aromatic N) is 3. The summed E-state index contributed by atoms with van der Waals surface area (Å²) in [6, 6.07) is 3.77. The van der Waals surface area contributed by atoms with Gasteiger partial charge in [0, 0.05) is 17.8 Å². The van der Waals surface area contributed by atoms with E-state index in [0.29, 0.717) is 11.7 Å². The number of fused-ring (bicyclic) bond motifs is 1. The van der Waals surface area contributed by atoms with Gasteiger partial charge in [-0.25, -0.2) is 14.5 Å². The molecule has 0 aromatic carbocycles. The Morgan fingerprint density at radius 3 is 2.86 bits per heavy atom. The molecule has 2 aromatic heterocycles. The topological polar surface area (TPSA) is 68.0 Å². The van der Waals surface area contributed by atoms with E-state index in [1.54, 1.807) is 10.7 Å². The smallest absolute Gasteiger partial charge is 0.339 e. The van der Waals surface area contributed by atoms with Crippen molar-refractivity contribution in [1.82, 2.24) is 14.8 Å². The Morgan fingerprint density at radius 1 is 1.29 bits per heavy atom. The normalized spacial score (nSPS) is 17.5. The van der Waals surface area contributed by atoms with Crippen molar-refractivity contribution >= 4 is 5.97 Å². The minimum absolute atomic E-state index is 0.251. The summed E-state index contributed by atoms with van der Waals surface area (Å²) in [5.74, 6) is 0.0709. The zero-order valence-electron chi connectivity index (χ0n) is 11.7. The Bertz CT molecular complexity index is 716. The van der Waals surface area contributed by atoms with Crippen molar-refractivity contribution in [3.63, 3.8) is 0 Å². The molecule has 1 saturated carbocycles. The third-order valence-electron chi connectivity index (χ3n) is 4.33. The summed E-state index contributed by atoms with van der Waals surface area (Å²) in [5, 5.41) is 14.0. The van der Waals surface area contributed by atoms with Crippen LogP contribution < -0.4 is 0 Å². The maximum Gasteiger partial charge on any atom is 0.339 e. The van der Waals surface area contributed by atoms with Crippen LogP contribution in [0, 0.1) is 0 Å². The van der Waals surface area contributed by atoms with Gasteiger partial charge in [-0.3, -0.25) is 0 Å². The average molecular weight is 283 g/mol. The minimum Gasteiger partial charge on any atom is -0.478 e. The molecule has 0 spiro atoms. The monoisotopic (exact) mass is 283 g/mol. The van der Waals surface area contributed by atoms with Crippen LogP contribution >= 0.6 is 0 Å². The Balaban J connectivity index is 1.82. The van der Waals surface area contributed by atoms with Crippen LogP contribution in [-0.2, 0) is 12.8 Å². The van der Waals surface area contributed by atoms with Crippen LogP contribution in [-0.4, -0.2) is 25.8 Å². The van der Waals surface area contributed by atoms with Gasteiger partial charge in [-0.2, -0.15) is 5.10 Å². The highest BCUT2D eigenvalue weighted by molar-refractivity contribution is 5.91. The number of hydrogen-bond donors (Lipinski definition) is 1. The average Bonchev–Trinajstić information content (AvgIpc) is 3.23. The number of pyridine rings is 1. The highest BCUT2D eigenvalue weighted by Gasteiger charge is 2.27. The fourth-order valence-electron chi connectivity index (χ4n) is 3.01. The number of aryl methyl sites for hydroxylation is 2. The molecule has 5 nitrogen and oxygen atoms in total. The van der Waals surface area contributed by atoms with Crippen LogP contribution in [0.15, 0.2) is 18.3 Å². The predicted octanol–water partition coefficient (Wildman–Crippen LogP) is 2.72. The van der Waals surface area contributed by atoms with Crippen molar-refractivity contribution in [1.29, 1.82) is 0 Å². The van der Waals surface area contributed by atoms with Gasteiger partial charge in [-0.15, -0.1) is 0 Å². The predicted molar refractivity (Wildman–Crippen MR) is 76.9 cm³/mol. The Kier molecular flexibility index (Phi) is 2.80. The van der Waals surface area contributed by atoms with Gasteiger partial charge in [0.05, 0.1) is 5.69 Å². The van der Waals surface area contributed by atoms with Crippen LogP contribution in [0.4, 0.5) is 0 Å². The Hall–Kier alpha value is -2.17. The Morgan fingerprint density at radius 2 is 2.10 bits per heavy atom. The van der Waals surface area contributed by atoms with Gasteiger partial charge in [0.25, 0.3) is 0 Å². The third kappa shape index (κ3) is 2.22. The molecule has 108 valence electrons. The molecule has 0 amide bonds. The van der Waals surface area contributed by atoms with Crippen LogP contribution in [0.5, 0.6) is 0 Å². The highest BCUT2D eigenvalue weighted by atomic mass is 16.4. The summed E-state index contributed by atoms with van der Waals surface area (Å²) in [7, 11) is 0. The van der Waals surface area contributed by atoms with E-state index in [4.69, 9.17) is 0 Å². The van der Waals surface area contributed by atoms with Gasteiger partial charge in [0.1, 0.15) is 5.56 Å². The standard InChI is InChI=1S/C16H17N3O2/c20-16(21)12-9-11-3-1-2-4-13(11)17-15(12)19-8-7-14(18-19)10-5-6-10/h7-10H,1-6H2,(H,20,21). The fraction of sp³-hybridized carbons (Fsp3) is 0.438. The molecule has 0 atom stereocenters. The first kappa shape index (κ1) is 12.6. The van der Waals surface area contributed by atoms with E-state index in [9.17, 15) is 9.90 Å². The van der Waals surface area contributed by atoms with Crippen molar-refractivity contribution in [2.24, 2.45) is 0 Å². The van der Waals surface area contributed by atoms with Gasteiger partial charge in [0.15, 0.2) is 5.82 Å². The molecule has 1 fully saturated rings. The molecule has 2 heterocycles. The summed E-state index contributed by atoms with van der Waals surface area (Å²) in [5.41, 5.74) is 3.41. The lowest BCUT2D eigenvalue weighted by atomic mass is 9.95. The van der Waals surface area contributed by atoms with Gasteiger partial charge < -0.3 is 5.11 Å². The molecule has 0 unspecified atom stereocenters. The fourth-order valence-corrected chi connectivity index (χ4v) is 3.01. The number of rotatable bonds is 3. The molecular weight excluding hydrogens is 266 g/mol. The van der Waals surface area contributed by atoms with E-state index in [-0.39, 0.29) is 5.56 Å². The van der Waals surface area contributed by atoms with E-state index in [0.717, 1.165) is 42.6 Å². The van der Waals surface area contributed by atoms with Gasteiger partial charge in [0.2, 0.25) is 0 Å². The highest BCUT2D eigenvalue weighted by Crippen LogP contribution is 2.39. The second kappa shape index (κ2) is 4.69. The van der Waals surface area contributed by atoms with Crippen molar-refractivity contribution < 1.29 is 9.90 Å². The second-order valence-electron chi connectivity index (χ2n) is 5.94. The number of carboxylic acids is 1. The number of carbonyl (C=O) groups is 1. The summed E-state index contributed by atoms with van der Waals surface area (Å²) >= 11 is 0. The molecule has 0 aliphatic heterocycles. The summed E-state index contributed by atoms with van der Waals surface area (Å²) in [4.78, 5) is 16.2. The molecule has 2 aliphatic carbocycles.